The Morgan fingerprint density at radius 2 is 1.80 bits per heavy atom. The van der Waals surface area contributed by atoms with Gasteiger partial charge >= 0.3 is 5.97 Å². The van der Waals surface area contributed by atoms with Gasteiger partial charge in [-0.15, -0.1) is 0 Å². The largest absolute Gasteiger partial charge is 0.478 e. The molecule has 1 heterocycles. The molecular weight excluding hydrogens is 402 g/mol. The van der Waals surface area contributed by atoms with E-state index in [1.807, 2.05) is 30.3 Å². The second-order valence-electron chi connectivity index (χ2n) is 6.73. The van der Waals surface area contributed by atoms with Gasteiger partial charge in [0.15, 0.2) is 5.76 Å². The standard InChI is InChI=1S/C23H21NO5S/c1-15-18(22(26)27)9-5-10-19(15)24-21(25)17(13-16-7-3-2-4-8-16)14-30-23(28)20-11-6-12-29-20/h2-12,17H,13-14H2,1H3,(H,24,25)(H,26,27). The summed E-state index contributed by atoms with van der Waals surface area (Å²) in [6, 6.07) is 17.5. The predicted molar refractivity (Wildman–Crippen MR) is 116 cm³/mol. The number of carbonyl (C=O) groups is 3. The van der Waals surface area contributed by atoms with Gasteiger partial charge in [-0.05, 0) is 48.7 Å². The van der Waals surface area contributed by atoms with Crippen molar-refractivity contribution in [1.82, 2.24) is 0 Å². The minimum atomic E-state index is -1.05. The van der Waals surface area contributed by atoms with Crippen LogP contribution in [-0.4, -0.2) is 27.9 Å². The van der Waals surface area contributed by atoms with Crippen molar-refractivity contribution >= 4 is 34.4 Å². The van der Waals surface area contributed by atoms with Crippen molar-refractivity contribution in [2.75, 3.05) is 11.1 Å². The fourth-order valence-electron chi connectivity index (χ4n) is 3.01. The Morgan fingerprint density at radius 3 is 2.47 bits per heavy atom. The van der Waals surface area contributed by atoms with Gasteiger partial charge in [0.05, 0.1) is 17.7 Å². The molecule has 1 amide bonds. The molecule has 0 aliphatic heterocycles. The van der Waals surface area contributed by atoms with E-state index < -0.39 is 11.9 Å². The molecular formula is C23H21NO5S. The molecule has 1 atom stereocenters. The van der Waals surface area contributed by atoms with E-state index in [1.54, 1.807) is 31.2 Å². The Bertz CT molecular complexity index is 1030. The topological polar surface area (TPSA) is 96.6 Å². The van der Waals surface area contributed by atoms with Crippen molar-refractivity contribution < 1.29 is 23.9 Å². The van der Waals surface area contributed by atoms with Gasteiger partial charge < -0.3 is 14.8 Å². The van der Waals surface area contributed by atoms with E-state index >= 15 is 0 Å². The number of anilines is 1. The Kier molecular flexibility index (Phi) is 7.08. The van der Waals surface area contributed by atoms with E-state index in [1.165, 1.54) is 12.3 Å². The molecule has 0 saturated carbocycles. The van der Waals surface area contributed by atoms with Gasteiger partial charge in [-0.1, -0.05) is 48.2 Å². The Hall–Kier alpha value is -3.32. The number of benzene rings is 2. The third-order valence-electron chi connectivity index (χ3n) is 4.66. The molecule has 154 valence electrons. The molecule has 2 N–H and O–H groups in total. The minimum Gasteiger partial charge on any atom is -0.478 e. The van der Waals surface area contributed by atoms with Crippen LogP contribution in [0.3, 0.4) is 0 Å². The smallest absolute Gasteiger partial charge is 0.336 e. The molecule has 2 aromatic carbocycles. The lowest BCUT2D eigenvalue weighted by Crippen LogP contribution is -2.27. The molecule has 0 spiro atoms. The van der Waals surface area contributed by atoms with Crippen LogP contribution in [0.5, 0.6) is 0 Å². The van der Waals surface area contributed by atoms with E-state index in [4.69, 9.17) is 4.42 Å². The van der Waals surface area contributed by atoms with Gasteiger partial charge in [-0.3, -0.25) is 9.59 Å². The van der Waals surface area contributed by atoms with E-state index in [-0.39, 0.29) is 28.1 Å². The molecule has 7 heteroatoms. The zero-order valence-corrected chi connectivity index (χ0v) is 17.1. The molecule has 30 heavy (non-hydrogen) atoms. The summed E-state index contributed by atoms with van der Waals surface area (Å²) in [7, 11) is 0. The first-order valence-corrected chi connectivity index (χ1v) is 10.3. The van der Waals surface area contributed by atoms with Gasteiger partial charge in [0.1, 0.15) is 0 Å². The lowest BCUT2D eigenvalue weighted by Gasteiger charge is -2.18. The molecule has 1 unspecified atom stereocenters. The normalized spacial score (nSPS) is 11.6. The predicted octanol–water partition coefficient (Wildman–Crippen LogP) is 4.66. The van der Waals surface area contributed by atoms with Crippen LogP contribution in [0.15, 0.2) is 71.3 Å². The van der Waals surface area contributed by atoms with Crippen LogP contribution >= 0.6 is 11.8 Å². The number of carbonyl (C=O) groups excluding carboxylic acids is 2. The van der Waals surface area contributed by atoms with E-state index in [0.717, 1.165) is 17.3 Å². The number of nitrogens with one attached hydrogen (secondary N) is 1. The zero-order valence-electron chi connectivity index (χ0n) is 16.3. The third-order valence-corrected chi connectivity index (χ3v) is 5.69. The third kappa shape index (κ3) is 5.39. The Morgan fingerprint density at radius 1 is 1.03 bits per heavy atom. The van der Waals surface area contributed by atoms with Crippen LogP contribution in [0.1, 0.15) is 32.0 Å². The molecule has 1 aromatic heterocycles. The number of aromatic carboxylic acids is 1. The van der Waals surface area contributed by atoms with Gasteiger partial charge in [0.25, 0.3) is 5.12 Å². The fraction of sp³-hybridized carbons (Fsp3) is 0.174. The summed E-state index contributed by atoms with van der Waals surface area (Å²) >= 11 is 1.03. The fourth-order valence-corrected chi connectivity index (χ4v) is 3.89. The van der Waals surface area contributed by atoms with Gasteiger partial charge in [-0.2, -0.15) is 0 Å². The molecule has 6 nitrogen and oxygen atoms in total. The SMILES string of the molecule is Cc1c(NC(=O)C(CSC(=O)c2ccco2)Cc2ccccc2)cccc1C(=O)O. The Balaban J connectivity index is 1.76. The maximum Gasteiger partial charge on any atom is 0.336 e. The highest BCUT2D eigenvalue weighted by molar-refractivity contribution is 8.14. The lowest BCUT2D eigenvalue weighted by atomic mass is 9.99. The van der Waals surface area contributed by atoms with Gasteiger partial charge in [-0.25, -0.2) is 4.79 Å². The molecule has 0 aliphatic rings. The second kappa shape index (κ2) is 9.93. The number of rotatable bonds is 8. The molecule has 3 rings (SSSR count). The maximum absolute atomic E-state index is 13.0. The van der Waals surface area contributed by atoms with Crippen molar-refractivity contribution in [3.63, 3.8) is 0 Å². The van der Waals surface area contributed by atoms with E-state index in [0.29, 0.717) is 17.7 Å². The Labute approximate surface area is 178 Å². The van der Waals surface area contributed by atoms with Crippen LogP contribution in [0.4, 0.5) is 5.69 Å². The average molecular weight is 423 g/mol. The highest BCUT2D eigenvalue weighted by atomic mass is 32.2. The first-order chi connectivity index (χ1) is 14.5. The van der Waals surface area contributed by atoms with Gasteiger partial charge in [0, 0.05) is 11.4 Å². The molecule has 0 bridgehead atoms. The molecule has 0 fully saturated rings. The van der Waals surface area contributed by atoms with E-state index in [9.17, 15) is 19.5 Å². The quantitative estimate of drug-likeness (QED) is 0.547. The summed E-state index contributed by atoms with van der Waals surface area (Å²) in [5.41, 5.74) is 2.03. The average Bonchev–Trinajstić information content (AvgIpc) is 3.28. The number of thioether (sulfide) groups is 1. The van der Waals surface area contributed by atoms with Crippen LogP contribution < -0.4 is 5.32 Å². The van der Waals surface area contributed by atoms with Crippen molar-refractivity contribution in [2.45, 2.75) is 13.3 Å². The lowest BCUT2D eigenvalue weighted by molar-refractivity contribution is -0.119. The number of amides is 1. The van der Waals surface area contributed by atoms with E-state index in [2.05, 4.69) is 5.32 Å². The molecule has 3 aromatic rings. The van der Waals surface area contributed by atoms with Crippen molar-refractivity contribution in [3.8, 4) is 0 Å². The molecule has 0 radical (unpaired) electrons. The van der Waals surface area contributed by atoms with Crippen LogP contribution in [-0.2, 0) is 11.2 Å². The van der Waals surface area contributed by atoms with Crippen LogP contribution in [0.25, 0.3) is 0 Å². The zero-order chi connectivity index (χ0) is 21.5. The summed E-state index contributed by atoms with van der Waals surface area (Å²) < 4.78 is 5.13. The second-order valence-corrected chi connectivity index (χ2v) is 7.73. The van der Waals surface area contributed by atoms with Crippen molar-refractivity contribution in [3.05, 3.63) is 89.4 Å². The highest BCUT2D eigenvalue weighted by Crippen LogP contribution is 2.23. The van der Waals surface area contributed by atoms with Gasteiger partial charge in [0.2, 0.25) is 5.91 Å². The molecule has 0 aliphatic carbocycles. The number of hydrogen-bond donors (Lipinski definition) is 2. The summed E-state index contributed by atoms with van der Waals surface area (Å²) in [6.07, 6.45) is 1.88. The summed E-state index contributed by atoms with van der Waals surface area (Å²) in [4.78, 5) is 36.7. The summed E-state index contributed by atoms with van der Waals surface area (Å²) in [5.74, 6) is -1.32. The highest BCUT2D eigenvalue weighted by Gasteiger charge is 2.23. The maximum atomic E-state index is 13.0. The summed E-state index contributed by atoms with van der Waals surface area (Å²) in [6.45, 7) is 1.65. The number of carboxylic acids is 1. The summed E-state index contributed by atoms with van der Waals surface area (Å²) in [5, 5.41) is 11.9. The van der Waals surface area contributed by atoms with Crippen LogP contribution in [0, 0.1) is 12.8 Å². The first kappa shape index (κ1) is 21.4. The minimum absolute atomic E-state index is 0.134. The van der Waals surface area contributed by atoms with Crippen molar-refractivity contribution in [2.24, 2.45) is 5.92 Å². The van der Waals surface area contributed by atoms with Crippen LogP contribution in [0.2, 0.25) is 0 Å². The first-order valence-electron chi connectivity index (χ1n) is 9.34. The van der Waals surface area contributed by atoms with Crippen molar-refractivity contribution in [1.29, 1.82) is 0 Å². The molecule has 0 saturated heterocycles. The number of hydrogen-bond acceptors (Lipinski definition) is 5. The number of carboxylic acid groups (broad SMARTS) is 1. The monoisotopic (exact) mass is 423 g/mol. The number of furan rings is 1.